The van der Waals surface area contributed by atoms with Gasteiger partial charge in [0.1, 0.15) is 0 Å². The molecule has 0 amide bonds. The third-order valence-corrected chi connectivity index (χ3v) is 9.08. The van der Waals surface area contributed by atoms with Crippen LogP contribution in [0, 0.1) is 11.3 Å². The molecule has 214 valence electrons. The molecule has 46 heavy (non-hydrogen) atoms. The zero-order valence-corrected chi connectivity index (χ0v) is 24.9. The molecule has 6 aromatic carbocycles. The van der Waals surface area contributed by atoms with Gasteiger partial charge in [-0.25, -0.2) is 9.97 Å². The van der Waals surface area contributed by atoms with Crippen molar-refractivity contribution < 1.29 is 0 Å². The van der Waals surface area contributed by atoms with E-state index < -0.39 is 0 Å². The molecule has 2 heterocycles. The summed E-state index contributed by atoms with van der Waals surface area (Å²) < 4.78 is 2.36. The van der Waals surface area contributed by atoms with Gasteiger partial charge in [0.2, 0.25) is 0 Å². The number of nitriles is 1. The molecule has 8 aromatic rings. The van der Waals surface area contributed by atoms with Crippen LogP contribution in [0.4, 0.5) is 0 Å². The van der Waals surface area contributed by atoms with E-state index in [-0.39, 0.29) is 0 Å². The molecule has 9 rings (SSSR count). The van der Waals surface area contributed by atoms with E-state index in [0.29, 0.717) is 11.4 Å². The van der Waals surface area contributed by atoms with E-state index in [1.54, 1.807) is 0 Å². The van der Waals surface area contributed by atoms with Crippen molar-refractivity contribution in [1.82, 2.24) is 14.5 Å². The van der Waals surface area contributed by atoms with E-state index >= 15 is 0 Å². The number of hydrogen-bond donors (Lipinski definition) is 0. The second kappa shape index (κ2) is 10.4. The Balaban J connectivity index is 1.19. The summed E-state index contributed by atoms with van der Waals surface area (Å²) in [4.78, 5) is 10.3. The molecule has 2 aromatic heterocycles. The predicted octanol–water partition coefficient (Wildman–Crippen LogP) is 10.0. The van der Waals surface area contributed by atoms with Crippen LogP contribution < -0.4 is 0 Å². The van der Waals surface area contributed by atoms with Crippen molar-refractivity contribution in [2.45, 2.75) is 6.42 Å². The topological polar surface area (TPSA) is 54.5 Å². The van der Waals surface area contributed by atoms with Crippen molar-refractivity contribution in [1.29, 1.82) is 5.26 Å². The van der Waals surface area contributed by atoms with Gasteiger partial charge in [0, 0.05) is 45.1 Å². The molecule has 0 atom stereocenters. The standard InChI is InChI=1S/C42H26N4/c43-26-27-17-19-29(20-18-27)42-44-40(28-9-2-1-3-10-28)37-25-32-22-21-31(24-36(32)41(37)45-42)30-11-8-12-33(23-30)46-38-15-6-4-13-34(38)35-14-5-7-16-39(35)46/h1-24H,25H2. The Morgan fingerprint density at radius 2 is 1.17 bits per heavy atom. The second-order valence-corrected chi connectivity index (χ2v) is 11.7. The van der Waals surface area contributed by atoms with Crippen LogP contribution in [-0.4, -0.2) is 14.5 Å². The van der Waals surface area contributed by atoms with Crippen LogP contribution in [0.2, 0.25) is 0 Å². The lowest BCUT2D eigenvalue weighted by Crippen LogP contribution is -1.99. The van der Waals surface area contributed by atoms with Crippen LogP contribution in [0.25, 0.3) is 72.5 Å². The van der Waals surface area contributed by atoms with Gasteiger partial charge in [-0.05, 0) is 71.3 Å². The molecule has 4 nitrogen and oxygen atoms in total. The molecular weight excluding hydrogens is 560 g/mol. The normalized spacial score (nSPS) is 11.8. The number of fused-ring (bicyclic) bond motifs is 6. The average molecular weight is 587 g/mol. The van der Waals surface area contributed by atoms with E-state index in [2.05, 4.69) is 126 Å². The molecule has 0 radical (unpaired) electrons. The Labute approximate surface area is 266 Å². The minimum absolute atomic E-state index is 0.617. The third kappa shape index (κ3) is 4.14. The lowest BCUT2D eigenvalue weighted by molar-refractivity contribution is 1.13. The molecule has 1 aliphatic carbocycles. The Bertz CT molecular complexity index is 2450. The Kier molecular flexibility index (Phi) is 5.91. The summed E-state index contributed by atoms with van der Waals surface area (Å²) >= 11 is 0. The first-order valence-corrected chi connectivity index (χ1v) is 15.4. The molecule has 0 spiro atoms. The SMILES string of the molecule is N#Cc1ccc(-c2nc(-c3ccccc3)c3c(n2)-c2cc(-c4cccc(-n5c6ccccc6c6ccccc65)c4)ccc2C3)cc1. The van der Waals surface area contributed by atoms with Gasteiger partial charge in [-0.1, -0.05) is 91.0 Å². The maximum atomic E-state index is 9.33. The van der Waals surface area contributed by atoms with Gasteiger partial charge in [-0.15, -0.1) is 0 Å². The second-order valence-electron chi connectivity index (χ2n) is 11.7. The molecule has 0 unspecified atom stereocenters. The van der Waals surface area contributed by atoms with Gasteiger partial charge in [-0.3, -0.25) is 0 Å². The molecule has 4 heteroatoms. The molecular formula is C42H26N4. The highest BCUT2D eigenvalue weighted by Crippen LogP contribution is 2.43. The summed E-state index contributed by atoms with van der Waals surface area (Å²) in [5, 5.41) is 11.8. The maximum absolute atomic E-state index is 9.33. The summed E-state index contributed by atoms with van der Waals surface area (Å²) in [7, 11) is 0. The van der Waals surface area contributed by atoms with Crippen LogP contribution in [0.5, 0.6) is 0 Å². The van der Waals surface area contributed by atoms with Crippen molar-refractivity contribution in [3.63, 3.8) is 0 Å². The van der Waals surface area contributed by atoms with E-state index in [4.69, 9.17) is 9.97 Å². The number of rotatable bonds is 4. The van der Waals surface area contributed by atoms with Crippen LogP contribution in [0.15, 0.2) is 146 Å². The number of benzene rings is 6. The molecule has 0 fully saturated rings. The van der Waals surface area contributed by atoms with Gasteiger partial charge < -0.3 is 4.57 Å². The van der Waals surface area contributed by atoms with Crippen molar-refractivity contribution in [2.24, 2.45) is 0 Å². The van der Waals surface area contributed by atoms with Crippen LogP contribution >= 0.6 is 0 Å². The van der Waals surface area contributed by atoms with E-state index in [1.807, 2.05) is 30.3 Å². The fourth-order valence-corrected chi connectivity index (χ4v) is 6.88. The Morgan fingerprint density at radius 3 is 1.91 bits per heavy atom. The highest BCUT2D eigenvalue weighted by Gasteiger charge is 2.26. The molecule has 0 N–H and O–H groups in total. The van der Waals surface area contributed by atoms with E-state index in [9.17, 15) is 5.26 Å². The van der Waals surface area contributed by atoms with Crippen molar-refractivity contribution >= 4 is 21.8 Å². The number of aromatic nitrogens is 3. The first kappa shape index (κ1) is 26.1. The van der Waals surface area contributed by atoms with Crippen LogP contribution in [0.3, 0.4) is 0 Å². The van der Waals surface area contributed by atoms with E-state index in [0.717, 1.165) is 56.9 Å². The number of para-hydroxylation sites is 2. The van der Waals surface area contributed by atoms with Crippen LogP contribution in [0.1, 0.15) is 16.7 Å². The van der Waals surface area contributed by atoms with E-state index in [1.165, 1.54) is 27.4 Å². The first-order chi connectivity index (χ1) is 22.7. The number of nitrogens with zero attached hydrogens (tertiary/aromatic N) is 4. The molecule has 0 aliphatic heterocycles. The van der Waals surface area contributed by atoms with Crippen LogP contribution in [-0.2, 0) is 6.42 Å². The molecule has 0 bridgehead atoms. The van der Waals surface area contributed by atoms with Gasteiger partial charge in [0.15, 0.2) is 5.82 Å². The van der Waals surface area contributed by atoms with Gasteiger partial charge in [-0.2, -0.15) is 5.26 Å². The smallest absolute Gasteiger partial charge is 0.160 e. The minimum atomic E-state index is 0.617. The van der Waals surface area contributed by atoms with Gasteiger partial charge >= 0.3 is 0 Å². The van der Waals surface area contributed by atoms with Crippen molar-refractivity contribution in [2.75, 3.05) is 0 Å². The zero-order valence-electron chi connectivity index (χ0n) is 24.9. The fraction of sp³-hybridized carbons (Fsp3) is 0.0238. The Morgan fingerprint density at radius 1 is 0.543 bits per heavy atom. The highest BCUT2D eigenvalue weighted by molar-refractivity contribution is 6.09. The van der Waals surface area contributed by atoms with Gasteiger partial charge in [0.05, 0.1) is 34.1 Å². The summed E-state index contributed by atoms with van der Waals surface area (Å²) in [5.74, 6) is 0.661. The maximum Gasteiger partial charge on any atom is 0.160 e. The largest absolute Gasteiger partial charge is 0.309 e. The average Bonchev–Trinajstić information content (AvgIpc) is 3.67. The summed E-state index contributed by atoms with van der Waals surface area (Å²) in [6, 6.07) is 52.9. The monoisotopic (exact) mass is 586 g/mol. The summed E-state index contributed by atoms with van der Waals surface area (Å²) in [6.45, 7) is 0. The first-order valence-electron chi connectivity index (χ1n) is 15.4. The highest BCUT2D eigenvalue weighted by atomic mass is 15.0. The van der Waals surface area contributed by atoms with Crippen molar-refractivity contribution in [3.8, 4) is 56.8 Å². The lowest BCUT2D eigenvalue weighted by atomic mass is 9.99. The Hall–Kier alpha value is -6.31. The molecule has 0 saturated carbocycles. The summed E-state index contributed by atoms with van der Waals surface area (Å²) in [6.07, 6.45) is 0.782. The predicted molar refractivity (Wildman–Crippen MR) is 186 cm³/mol. The van der Waals surface area contributed by atoms with Gasteiger partial charge in [0.25, 0.3) is 0 Å². The molecule has 0 saturated heterocycles. The zero-order chi connectivity index (χ0) is 30.6. The third-order valence-electron chi connectivity index (χ3n) is 9.08. The minimum Gasteiger partial charge on any atom is -0.309 e. The quantitative estimate of drug-likeness (QED) is 0.206. The summed E-state index contributed by atoms with van der Waals surface area (Å²) in [5.41, 5.74) is 13.9. The molecule has 1 aliphatic rings. The number of hydrogen-bond acceptors (Lipinski definition) is 3. The fourth-order valence-electron chi connectivity index (χ4n) is 6.88. The van der Waals surface area contributed by atoms with Crippen molar-refractivity contribution in [3.05, 3.63) is 162 Å². The lowest BCUT2D eigenvalue weighted by Gasteiger charge is -2.12.